The van der Waals surface area contributed by atoms with Crippen molar-refractivity contribution < 1.29 is 18.7 Å². The molecule has 6 rings (SSSR count). The number of hydrogen-bond donors (Lipinski definition) is 3. The number of rotatable bonds is 5. The molecule has 1 unspecified atom stereocenters. The molecule has 0 aromatic heterocycles. The van der Waals surface area contributed by atoms with E-state index in [0.717, 1.165) is 11.1 Å². The molecule has 3 aliphatic rings. The topological polar surface area (TPSA) is 96.7 Å². The number of ether oxygens (including phenoxy) is 1. The average molecular weight is 614 g/mol. The molecule has 2 saturated heterocycles. The average Bonchev–Trinajstić information content (AvgIpc) is 3.55. The van der Waals surface area contributed by atoms with Crippen molar-refractivity contribution in [3.05, 3.63) is 92.7 Å². The van der Waals surface area contributed by atoms with E-state index < -0.39 is 23.2 Å². The van der Waals surface area contributed by atoms with Crippen LogP contribution in [0.25, 0.3) is 0 Å². The molecule has 0 bridgehead atoms. The Hall–Kier alpha value is -3.17. The van der Waals surface area contributed by atoms with E-state index in [1.54, 1.807) is 36.4 Å². The Labute approximate surface area is 255 Å². The first-order valence-electron chi connectivity index (χ1n) is 13.6. The second-order valence-corrected chi connectivity index (χ2v) is 12.3. The van der Waals surface area contributed by atoms with Crippen LogP contribution in [0.2, 0.25) is 10.0 Å². The maximum atomic E-state index is 15.9. The smallest absolute Gasteiger partial charge is 0.337 e. The number of benzene rings is 3. The minimum absolute atomic E-state index is 0. The Bertz CT molecular complexity index is 1570. The fraction of sp³-hybridized carbons (Fsp3) is 0.375. The van der Waals surface area contributed by atoms with Gasteiger partial charge in [-0.25, -0.2) is 9.18 Å². The Morgan fingerprint density at radius 3 is 2.62 bits per heavy atom. The van der Waals surface area contributed by atoms with Gasteiger partial charge in [0, 0.05) is 52.5 Å². The number of halogens is 3. The molecule has 1 spiro atoms. The van der Waals surface area contributed by atoms with Crippen LogP contribution in [-0.2, 0) is 15.1 Å². The second-order valence-electron chi connectivity index (χ2n) is 11.5. The van der Waals surface area contributed by atoms with Gasteiger partial charge in [0.1, 0.15) is 11.4 Å². The molecule has 2 fully saturated rings. The van der Waals surface area contributed by atoms with Crippen molar-refractivity contribution in [3.8, 4) is 0 Å². The summed E-state index contributed by atoms with van der Waals surface area (Å²) in [6.45, 7) is 4.81. The van der Waals surface area contributed by atoms with Gasteiger partial charge < -0.3 is 21.1 Å². The van der Waals surface area contributed by atoms with Crippen LogP contribution in [0.1, 0.15) is 66.7 Å². The summed E-state index contributed by atoms with van der Waals surface area (Å²) in [5.74, 6) is -1.62. The molecule has 3 aromatic carbocycles. The second kappa shape index (κ2) is 11.2. The molecular weight excluding hydrogens is 578 g/mol. The lowest BCUT2D eigenvalue weighted by atomic mass is 9.73. The lowest BCUT2D eigenvalue weighted by Crippen LogP contribution is -2.53. The molecular formula is C32H35Cl2FN4O3. The monoisotopic (exact) mass is 612 g/mol. The molecule has 3 aromatic rings. The van der Waals surface area contributed by atoms with E-state index in [0.29, 0.717) is 40.5 Å². The number of methoxy groups -OCH3 is 1. The summed E-state index contributed by atoms with van der Waals surface area (Å²) in [6.07, 6.45) is 0.621. The molecule has 0 aliphatic carbocycles. The van der Waals surface area contributed by atoms with Crippen molar-refractivity contribution in [2.24, 2.45) is 5.92 Å². The van der Waals surface area contributed by atoms with Gasteiger partial charge in [0.15, 0.2) is 0 Å². The number of likely N-dealkylation sites (tertiary alicyclic amines) is 1. The number of carbonyl (C=O) groups is 2. The third kappa shape index (κ3) is 4.47. The first-order valence-corrected chi connectivity index (χ1v) is 14.4. The van der Waals surface area contributed by atoms with Gasteiger partial charge in [-0.05, 0) is 53.8 Å². The van der Waals surface area contributed by atoms with Gasteiger partial charge in [-0.3, -0.25) is 9.69 Å². The SMILES string of the molecule is C.COC(=O)c1ccc(C2C[C@H]3[C@@H](N2)[C@H](c2cccc(Cl)c2F)[C@]2(C(=O)Nc4cc(Cl)ccc42)N3CC(C)C)c(N)c1. The van der Waals surface area contributed by atoms with Gasteiger partial charge in [-0.15, -0.1) is 0 Å². The molecule has 5 atom stereocenters. The number of nitrogens with one attached hydrogen (secondary N) is 2. The molecule has 42 heavy (non-hydrogen) atoms. The minimum Gasteiger partial charge on any atom is -0.465 e. The van der Waals surface area contributed by atoms with E-state index in [2.05, 4.69) is 29.4 Å². The number of amides is 1. The van der Waals surface area contributed by atoms with Crippen molar-refractivity contribution in [3.63, 3.8) is 0 Å². The minimum atomic E-state index is -1.19. The normalized spacial score (nSPS) is 26.2. The molecule has 7 nitrogen and oxygen atoms in total. The van der Waals surface area contributed by atoms with Crippen molar-refractivity contribution >= 4 is 46.5 Å². The highest BCUT2D eigenvalue weighted by Crippen LogP contribution is 2.60. The van der Waals surface area contributed by atoms with E-state index >= 15 is 4.39 Å². The number of nitrogens with two attached hydrogens (primary N) is 1. The van der Waals surface area contributed by atoms with E-state index in [4.69, 9.17) is 33.7 Å². The summed E-state index contributed by atoms with van der Waals surface area (Å²) < 4.78 is 20.8. The van der Waals surface area contributed by atoms with Crippen LogP contribution in [0, 0.1) is 11.7 Å². The Morgan fingerprint density at radius 2 is 1.93 bits per heavy atom. The number of anilines is 2. The largest absolute Gasteiger partial charge is 0.465 e. The molecule has 4 N–H and O–H groups in total. The quantitative estimate of drug-likeness (QED) is 0.224. The maximum absolute atomic E-state index is 15.9. The van der Waals surface area contributed by atoms with Gasteiger partial charge in [-0.2, -0.15) is 0 Å². The summed E-state index contributed by atoms with van der Waals surface area (Å²) >= 11 is 12.7. The number of nitrogens with zero attached hydrogens (tertiary/aromatic N) is 1. The van der Waals surface area contributed by atoms with Gasteiger partial charge in [0.05, 0.1) is 17.7 Å². The van der Waals surface area contributed by atoms with Crippen LogP contribution in [-0.4, -0.2) is 42.5 Å². The Morgan fingerprint density at radius 1 is 1.17 bits per heavy atom. The third-order valence-electron chi connectivity index (χ3n) is 8.70. The zero-order valence-electron chi connectivity index (χ0n) is 22.9. The molecule has 10 heteroatoms. The van der Waals surface area contributed by atoms with Crippen molar-refractivity contribution in [2.75, 3.05) is 24.7 Å². The van der Waals surface area contributed by atoms with Gasteiger partial charge in [-0.1, -0.05) is 68.7 Å². The lowest BCUT2D eigenvalue weighted by Gasteiger charge is -2.41. The van der Waals surface area contributed by atoms with Crippen LogP contribution in [0.15, 0.2) is 54.6 Å². The predicted molar refractivity (Wildman–Crippen MR) is 164 cm³/mol. The summed E-state index contributed by atoms with van der Waals surface area (Å²) in [4.78, 5) is 28.6. The highest BCUT2D eigenvalue weighted by molar-refractivity contribution is 6.31. The van der Waals surface area contributed by atoms with Crippen molar-refractivity contribution in [1.29, 1.82) is 0 Å². The number of carbonyl (C=O) groups excluding carboxylic acids is 2. The van der Waals surface area contributed by atoms with Crippen molar-refractivity contribution in [2.45, 2.75) is 57.3 Å². The predicted octanol–water partition coefficient (Wildman–Crippen LogP) is 6.51. The first kappa shape index (κ1) is 30.3. The van der Waals surface area contributed by atoms with E-state index in [1.807, 2.05) is 12.1 Å². The standard InChI is InChI=1S/C31H31Cl2FN4O3.CH4/c1-15(2)14-38-25-13-23(18-9-7-16(11-22(18)35)29(39)41-3)36-28(25)26(19-5-4-6-21(33)27(19)34)31(38)20-10-8-17(32)12-24(20)37-30(31)40;/h4-12,15,23,25-26,28,36H,13-14,35H2,1-3H3,(H,37,40);1H4/t23?,25-,26-,28+,31+;/m0./s1. The summed E-state index contributed by atoms with van der Waals surface area (Å²) in [7, 11) is 1.33. The number of nitrogen functional groups attached to an aromatic ring is 1. The summed E-state index contributed by atoms with van der Waals surface area (Å²) in [5, 5.41) is 7.30. The fourth-order valence-electron chi connectivity index (χ4n) is 7.23. The first-order chi connectivity index (χ1) is 19.6. The van der Waals surface area contributed by atoms with Crippen LogP contribution in [0.3, 0.4) is 0 Å². The molecule has 3 aliphatic heterocycles. The highest BCUT2D eigenvalue weighted by Gasteiger charge is 2.68. The van der Waals surface area contributed by atoms with Crippen LogP contribution < -0.4 is 16.4 Å². The lowest BCUT2D eigenvalue weighted by molar-refractivity contribution is -0.128. The zero-order valence-corrected chi connectivity index (χ0v) is 24.4. The third-order valence-corrected chi connectivity index (χ3v) is 9.22. The number of esters is 1. The Kier molecular flexibility index (Phi) is 8.04. The molecule has 222 valence electrons. The molecule has 1 amide bonds. The molecule has 3 heterocycles. The maximum Gasteiger partial charge on any atom is 0.337 e. The Balaban J connectivity index is 0.00000353. The molecule has 0 saturated carbocycles. The van der Waals surface area contributed by atoms with Gasteiger partial charge >= 0.3 is 5.97 Å². The zero-order chi connectivity index (χ0) is 29.2. The van der Waals surface area contributed by atoms with Crippen LogP contribution in [0.5, 0.6) is 0 Å². The highest BCUT2D eigenvalue weighted by atomic mass is 35.5. The van der Waals surface area contributed by atoms with E-state index in [1.165, 1.54) is 13.2 Å². The number of fused-ring (bicyclic) bond motifs is 3. The molecule has 0 radical (unpaired) electrons. The van der Waals surface area contributed by atoms with Gasteiger partial charge in [0.25, 0.3) is 0 Å². The van der Waals surface area contributed by atoms with Crippen molar-refractivity contribution in [1.82, 2.24) is 10.2 Å². The van der Waals surface area contributed by atoms with Gasteiger partial charge in [0.2, 0.25) is 5.91 Å². The fourth-order valence-corrected chi connectivity index (χ4v) is 7.58. The summed E-state index contributed by atoms with van der Waals surface area (Å²) in [6, 6.07) is 14.8. The number of hydrogen-bond acceptors (Lipinski definition) is 6. The van der Waals surface area contributed by atoms with Crippen LogP contribution >= 0.6 is 23.2 Å². The summed E-state index contributed by atoms with van der Waals surface area (Å²) in [5.41, 5.74) is 8.68. The van der Waals surface area contributed by atoms with E-state index in [-0.39, 0.29) is 42.4 Å². The van der Waals surface area contributed by atoms with E-state index in [9.17, 15) is 9.59 Å². The van der Waals surface area contributed by atoms with Crippen LogP contribution in [0.4, 0.5) is 15.8 Å².